The predicted molar refractivity (Wildman–Crippen MR) is 162 cm³/mol. The Morgan fingerprint density at radius 3 is 2.23 bits per heavy atom. The first-order chi connectivity index (χ1) is 19.0. The van der Waals surface area contributed by atoms with E-state index in [-0.39, 0.29) is 12.5 Å². The van der Waals surface area contributed by atoms with Gasteiger partial charge in [-0.05, 0) is 55.5 Å². The third kappa shape index (κ3) is 8.42. The Balaban J connectivity index is 2.06. The van der Waals surface area contributed by atoms with E-state index in [1.54, 1.807) is 12.1 Å². The van der Waals surface area contributed by atoms with Gasteiger partial charge in [-0.2, -0.15) is 0 Å². The molecule has 0 aliphatic rings. The highest BCUT2D eigenvalue weighted by Gasteiger charge is 2.33. The molecule has 2 amide bonds. The molecule has 0 bridgehead atoms. The van der Waals surface area contributed by atoms with Crippen LogP contribution in [-0.4, -0.2) is 50.5 Å². The molecular weight excluding hydrogens is 522 g/mol. The van der Waals surface area contributed by atoms with E-state index in [0.717, 1.165) is 51.2 Å². The number of nitrogens with zero attached hydrogens (tertiary/aromatic N) is 2. The van der Waals surface area contributed by atoms with Gasteiger partial charge in [0.15, 0.2) is 0 Å². The number of amides is 2. The van der Waals surface area contributed by atoms with Gasteiger partial charge in [0.1, 0.15) is 12.6 Å². The highest BCUT2D eigenvalue weighted by molar-refractivity contribution is 7.92. The molecule has 3 aromatic carbocycles. The molecule has 3 aromatic rings. The van der Waals surface area contributed by atoms with Gasteiger partial charge in [-0.15, -0.1) is 0 Å². The van der Waals surface area contributed by atoms with E-state index in [1.165, 1.54) is 4.90 Å². The summed E-state index contributed by atoms with van der Waals surface area (Å²) in [5.41, 5.74) is 4.97. The molecule has 0 saturated carbocycles. The minimum atomic E-state index is -3.80. The van der Waals surface area contributed by atoms with E-state index in [4.69, 9.17) is 0 Å². The van der Waals surface area contributed by atoms with Crippen LogP contribution in [0.1, 0.15) is 47.6 Å². The lowest BCUT2D eigenvalue weighted by molar-refractivity contribution is -0.140. The maximum atomic E-state index is 14.2. The predicted octanol–water partition coefficient (Wildman–Crippen LogP) is 4.93. The first-order valence-electron chi connectivity index (χ1n) is 13.7. The molecule has 1 atom stereocenters. The molecule has 0 radical (unpaired) electrons. The summed E-state index contributed by atoms with van der Waals surface area (Å²) in [5.74, 6) is -0.699. The van der Waals surface area contributed by atoms with E-state index < -0.39 is 28.5 Å². The number of nitrogens with one attached hydrogen (secondary N) is 1. The van der Waals surface area contributed by atoms with Gasteiger partial charge in [-0.1, -0.05) is 85.6 Å². The van der Waals surface area contributed by atoms with Crippen molar-refractivity contribution in [3.63, 3.8) is 0 Å². The van der Waals surface area contributed by atoms with Crippen molar-refractivity contribution in [3.8, 4) is 0 Å². The van der Waals surface area contributed by atoms with Crippen LogP contribution >= 0.6 is 0 Å². The normalized spacial score (nSPS) is 12.0. The summed E-state index contributed by atoms with van der Waals surface area (Å²) in [5, 5.41) is 3.00. The molecule has 214 valence electrons. The standard InChI is InChI=1S/C32H41N3O4S/c1-6-7-19-33-32(37)30(21-27-15-9-8-10-16-27)34(22-28-17-11-13-24(2)20-28)31(36)23-35(40(5,38)39)29-18-12-14-25(3)26(29)4/h8-18,20,30H,6-7,19,21-23H2,1-5H3,(H,33,37). The van der Waals surface area contributed by atoms with Crippen LogP contribution in [0.3, 0.4) is 0 Å². The van der Waals surface area contributed by atoms with Crippen molar-refractivity contribution < 1.29 is 18.0 Å². The van der Waals surface area contributed by atoms with E-state index in [2.05, 4.69) is 5.32 Å². The Kier molecular flexibility index (Phi) is 10.9. The number of hydrogen-bond donors (Lipinski definition) is 1. The number of anilines is 1. The fourth-order valence-corrected chi connectivity index (χ4v) is 5.57. The number of sulfonamides is 1. The van der Waals surface area contributed by atoms with Crippen molar-refractivity contribution in [2.24, 2.45) is 0 Å². The molecule has 0 aliphatic carbocycles. The molecule has 0 spiro atoms. The minimum absolute atomic E-state index is 0.170. The molecule has 0 heterocycles. The van der Waals surface area contributed by atoms with Crippen LogP contribution in [0.25, 0.3) is 0 Å². The Hall–Kier alpha value is -3.65. The fraction of sp³-hybridized carbons (Fsp3) is 0.375. The number of rotatable bonds is 13. The van der Waals surface area contributed by atoms with Crippen molar-refractivity contribution in [2.45, 2.75) is 59.5 Å². The smallest absolute Gasteiger partial charge is 0.244 e. The summed E-state index contributed by atoms with van der Waals surface area (Å²) in [6.45, 7) is 8.03. The first kappa shape index (κ1) is 30.9. The summed E-state index contributed by atoms with van der Waals surface area (Å²) < 4.78 is 27.2. The van der Waals surface area contributed by atoms with Crippen LogP contribution in [-0.2, 0) is 32.6 Å². The second-order valence-electron chi connectivity index (χ2n) is 10.3. The van der Waals surface area contributed by atoms with Crippen LogP contribution in [0.2, 0.25) is 0 Å². The molecule has 0 aromatic heterocycles. The van der Waals surface area contributed by atoms with Crippen LogP contribution in [0.15, 0.2) is 72.8 Å². The Morgan fingerprint density at radius 1 is 0.900 bits per heavy atom. The lowest BCUT2D eigenvalue weighted by Gasteiger charge is -2.34. The average Bonchev–Trinajstić information content (AvgIpc) is 2.91. The van der Waals surface area contributed by atoms with Gasteiger partial charge in [-0.25, -0.2) is 8.42 Å². The van der Waals surface area contributed by atoms with Gasteiger partial charge in [0.05, 0.1) is 11.9 Å². The Bertz CT molecular complexity index is 1410. The zero-order valence-electron chi connectivity index (χ0n) is 24.2. The highest BCUT2D eigenvalue weighted by Crippen LogP contribution is 2.26. The summed E-state index contributed by atoms with van der Waals surface area (Å²) in [6, 6.07) is 21.9. The highest BCUT2D eigenvalue weighted by atomic mass is 32.2. The average molecular weight is 564 g/mol. The number of benzene rings is 3. The molecule has 40 heavy (non-hydrogen) atoms. The van der Waals surface area contributed by atoms with Gasteiger partial charge >= 0.3 is 0 Å². The van der Waals surface area contributed by atoms with Crippen molar-refractivity contribution >= 4 is 27.5 Å². The molecule has 0 saturated heterocycles. The lowest BCUT2D eigenvalue weighted by Crippen LogP contribution is -2.53. The number of hydrogen-bond acceptors (Lipinski definition) is 4. The zero-order chi connectivity index (χ0) is 29.3. The van der Waals surface area contributed by atoms with Gasteiger partial charge in [0.25, 0.3) is 0 Å². The second-order valence-corrected chi connectivity index (χ2v) is 12.3. The van der Waals surface area contributed by atoms with Crippen LogP contribution in [0.5, 0.6) is 0 Å². The molecule has 7 nitrogen and oxygen atoms in total. The number of carbonyl (C=O) groups excluding carboxylic acids is 2. The van der Waals surface area contributed by atoms with E-state index >= 15 is 0 Å². The number of carbonyl (C=O) groups is 2. The van der Waals surface area contributed by atoms with Crippen LogP contribution < -0.4 is 9.62 Å². The van der Waals surface area contributed by atoms with Gasteiger partial charge in [0, 0.05) is 19.5 Å². The Morgan fingerprint density at radius 2 is 1.57 bits per heavy atom. The van der Waals surface area contributed by atoms with Gasteiger partial charge < -0.3 is 10.2 Å². The van der Waals surface area contributed by atoms with Crippen molar-refractivity contribution in [3.05, 3.63) is 101 Å². The summed E-state index contributed by atoms with van der Waals surface area (Å²) in [6.07, 6.45) is 3.16. The Labute approximate surface area is 239 Å². The van der Waals surface area contributed by atoms with Gasteiger partial charge in [0.2, 0.25) is 21.8 Å². The zero-order valence-corrected chi connectivity index (χ0v) is 25.0. The topological polar surface area (TPSA) is 86.8 Å². The monoisotopic (exact) mass is 563 g/mol. The molecule has 8 heteroatoms. The lowest BCUT2D eigenvalue weighted by atomic mass is 10.0. The first-order valence-corrected chi connectivity index (χ1v) is 15.6. The minimum Gasteiger partial charge on any atom is -0.354 e. The third-order valence-electron chi connectivity index (χ3n) is 7.06. The van der Waals surface area contributed by atoms with Crippen molar-refractivity contribution in [2.75, 3.05) is 23.7 Å². The van der Waals surface area contributed by atoms with Crippen LogP contribution in [0.4, 0.5) is 5.69 Å². The fourth-order valence-electron chi connectivity index (χ4n) is 4.67. The van der Waals surface area contributed by atoms with Crippen molar-refractivity contribution in [1.82, 2.24) is 10.2 Å². The molecule has 1 N–H and O–H groups in total. The summed E-state index contributed by atoms with van der Waals surface area (Å²) in [7, 11) is -3.80. The third-order valence-corrected chi connectivity index (χ3v) is 8.19. The second kappa shape index (κ2) is 14.1. The van der Waals surface area contributed by atoms with Crippen molar-refractivity contribution in [1.29, 1.82) is 0 Å². The van der Waals surface area contributed by atoms with Gasteiger partial charge in [-0.3, -0.25) is 13.9 Å². The molecule has 3 rings (SSSR count). The maximum Gasteiger partial charge on any atom is 0.244 e. The molecule has 0 fully saturated rings. The largest absolute Gasteiger partial charge is 0.354 e. The SMILES string of the molecule is CCCCNC(=O)C(Cc1ccccc1)N(Cc1cccc(C)c1)C(=O)CN(c1cccc(C)c1C)S(C)(=O)=O. The quantitative estimate of drug-likeness (QED) is 0.299. The maximum absolute atomic E-state index is 14.2. The summed E-state index contributed by atoms with van der Waals surface area (Å²) in [4.78, 5) is 29.3. The molecule has 0 aliphatic heterocycles. The molecule has 1 unspecified atom stereocenters. The van der Waals surface area contributed by atoms with E-state index in [0.29, 0.717) is 18.7 Å². The van der Waals surface area contributed by atoms with E-state index in [9.17, 15) is 18.0 Å². The molecular formula is C32H41N3O4S. The summed E-state index contributed by atoms with van der Waals surface area (Å²) >= 11 is 0. The number of unbranched alkanes of at least 4 members (excludes halogenated alkanes) is 1. The van der Waals surface area contributed by atoms with Crippen LogP contribution in [0, 0.1) is 20.8 Å². The number of aryl methyl sites for hydroxylation is 2. The van der Waals surface area contributed by atoms with E-state index in [1.807, 2.05) is 88.4 Å².